The highest BCUT2D eigenvalue weighted by atomic mass is 16.6. The topological polar surface area (TPSA) is 70.4 Å². The van der Waals surface area contributed by atoms with E-state index < -0.39 is 17.0 Å². The van der Waals surface area contributed by atoms with Crippen LogP contribution in [-0.4, -0.2) is 29.9 Å². The van der Waals surface area contributed by atoms with Gasteiger partial charge in [0.2, 0.25) is 5.91 Å². The van der Waals surface area contributed by atoms with Gasteiger partial charge in [0.15, 0.2) is 5.60 Å². The molecular weight excluding hydrogens is 352 g/mol. The van der Waals surface area contributed by atoms with E-state index in [1.807, 2.05) is 11.8 Å². The van der Waals surface area contributed by atoms with Crippen LogP contribution in [0.15, 0.2) is 42.5 Å². The Bertz CT molecular complexity index is 1050. The fraction of sp³-hybridized carbons (Fsp3) is 0.348. The van der Waals surface area contributed by atoms with Crippen LogP contribution in [0, 0.1) is 18.3 Å². The SMILES string of the molecule is Cc1ccc(C2(C(=O)N3CCC4(C3)OC(=O)c3cc(C#N)ccc34)CC2)cc1. The van der Waals surface area contributed by atoms with Crippen molar-refractivity contribution in [2.75, 3.05) is 13.1 Å². The Hall–Kier alpha value is -3.13. The second-order valence-electron chi connectivity index (χ2n) is 8.18. The Morgan fingerprint density at radius 3 is 2.57 bits per heavy atom. The third-order valence-electron chi connectivity index (χ3n) is 6.43. The molecule has 1 amide bonds. The lowest BCUT2D eigenvalue weighted by atomic mass is 9.90. The summed E-state index contributed by atoms with van der Waals surface area (Å²) in [5, 5.41) is 9.09. The predicted molar refractivity (Wildman–Crippen MR) is 102 cm³/mol. The molecule has 1 aliphatic carbocycles. The quantitative estimate of drug-likeness (QED) is 0.759. The molecule has 0 N–H and O–H groups in total. The molecule has 2 aliphatic heterocycles. The summed E-state index contributed by atoms with van der Waals surface area (Å²) in [6, 6.07) is 15.4. The molecular formula is C23H20N2O3. The minimum Gasteiger partial charge on any atom is -0.449 e. The van der Waals surface area contributed by atoms with E-state index in [-0.39, 0.29) is 5.91 Å². The molecule has 0 radical (unpaired) electrons. The second-order valence-corrected chi connectivity index (χ2v) is 8.18. The number of nitrogens with zero attached hydrogens (tertiary/aromatic N) is 2. The molecule has 1 spiro atoms. The molecule has 2 aromatic carbocycles. The number of aryl methyl sites for hydroxylation is 1. The zero-order chi connectivity index (χ0) is 19.5. The van der Waals surface area contributed by atoms with Crippen molar-refractivity contribution in [2.45, 2.75) is 37.2 Å². The van der Waals surface area contributed by atoms with Gasteiger partial charge in [-0.15, -0.1) is 0 Å². The summed E-state index contributed by atoms with van der Waals surface area (Å²) in [7, 11) is 0. The van der Waals surface area contributed by atoms with Crippen molar-refractivity contribution in [2.24, 2.45) is 0 Å². The molecule has 1 saturated carbocycles. The average Bonchev–Trinajstić information content (AvgIpc) is 3.34. The molecule has 2 aromatic rings. The van der Waals surface area contributed by atoms with Gasteiger partial charge in [0, 0.05) is 18.5 Å². The number of benzene rings is 2. The first-order valence-corrected chi connectivity index (χ1v) is 9.62. The maximum atomic E-state index is 13.4. The number of ether oxygens (including phenoxy) is 1. The minimum absolute atomic E-state index is 0.131. The van der Waals surface area contributed by atoms with Crippen LogP contribution in [-0.2, 0) is 20.5 Å². The Kier molecular flexibility index (Phi) is 3.45. The number of amides is 1. The zero-order valence-electron chi connectivity index (χ0n) is 15.7. The number of hydrogen-bond acceptors (Lipinski definition) is 4. The van der Waals surface area contributed by atoms with Gasteiger partial charge in [-0.2, -0.15) is 5.26 Å². The zero-order valence-corrected chi connectivity index (χ0v) is 15.7. The van der Waals surface area contributed by atoms with Gasteiger partial charge in [-0.25, -0.2) is 4.79 Å². The summed E-state index contributed by atoms with van der Waals surface area (Å²) >= 11 is 0. The van der Waals surface area contributed by atoms with Gasteiger partial charge >= 0.3 is 5.97 Å². The molecule has 3 aliphatic rings. The number of fused-ring (bicyclic) bond motifs is 2. The van der Waals surface area contributed by atoms with E-state index in [0.29, 0.717) is 30.6 Å². The predicted octanol–water partition coefficient (Wildman–Crippen LogP) is 3.20. The monoisotopic (exact) mass is 372 g/mol. The first-order chi connectivity index (χ1) is 13.5. The Balaban J connectivity index is 1.43. The van der Waals surface area contributed by atoms with E-state index in [2.05, 4.69) is 30.3 Å². The van der Waals surface area contributed by atoms with Crippen molar-refractivity contribution in [3.63, 3.8) is 0 Å². The average molecular weight is 372 g/mol. The third-order valence-corrected chi connectivity index (χ3v) is 6.43. The maximum absolute atomic E-state index is 13.4. The summed E-state index contributed by atoms with van der Waals surface area (Å²) in [4.78, 5) is 27.6. The van der Waals surface area contributed by atoms with Crippen molar-refractivity contribution >= 4 is 11.9 Å². The van der Waals surface area contributed by atoms with Gasteiger partial charge in [0.25, 0.3) is 0 Å². The molecule has 0 aromatic heterocycles. The van der Waals surface area contributed by atoms with Crippen LogP contribution in [0.5, 0.6) is 0 Å². The Morgan fingerprint density at radius 1 is 1.14 bits per heavy atom. The molecule has 1 saturated heterocycles. The number of nitriles is 1. The van der Waals surface area contributed by atoms with Gasteiger partial charge < -0.3 is 9.64 Å². The summed E-state index contributed by atoms with van der Waals surface area (Å²) in [6.07, 6.45) is 2.31. The van der Waals surface area contributed by atoms with E-state index >= 15 is 0 Å². The molecule has 2 heterocycles. The molecule has 1 atom stereocenters. The van der Waals surface area contributed by atoms with Gasteiger partial charge in [0.1, 0.15) is 0 Å². The molecule has 140 valence electrons. The second kappa shape index (κ2) is 5.68. The maximum Gasteiger partial charge on any atom is 0.339 e. The van der Waals surface area contributed by atoms with Crippen LogP contribution in [0.25, 0.3) is 0 Å². The number of carbonyl (C=O) groups excluding carboxylic acids is 2. The number of hydrogen-bond donors (Lipinski definition) is 0. The summed E-state index contributed by atoms with van der Waals surface area (Å²) in [5.41, 5.74) is 2.74. The first-order valence-electron chi connectivity index (χ1n) is 9.62. The lowest BCUT2D eigenvalue weighted by molar-refractivity contribution is -0.134. The van der Waals surface area contributed by atoms with E-state index in [1.165, 1.54) is 5.56 Å². The van der Waals surface area contributed by atoms with Gasteiger partial charge in [0.05, 0.1) is 29.2 Å². The van der Waals surface area contributed by atoms with Crippen LogP contribution < -0.4 is 0 Å². The Labute approximate surface area is 163 Å². The van der Waals surface area contributed by atoms with Crippen LogP contribution in [0.1, 0.15) is 51.9 Å². The number of carbonyl (C=O) groups is 2. The van der Waals surface area contributed by atoms with Crippen LogP contribution in [0.4, 0.5) is 0 Å². The molecule has 28 heavy (non-hydrogen) atoms. The van der Waals surface area contributed by atoms with E-state index in [9.17, 15) is 9.59 Å². The van der Waals surface area contributed by atoms with Crippen molar-refractivity contribution < 1.29 is 14.3 Å². The largest absolute Gasteiger partial charge is 0.449 e. The minimum atomic E-state index is -0.778. The lowest BCUT2D eigenvalue weighted by Crippen LogP contribution is -2.40. The molecule has 5 heteroatoms. The van der Waals surface area contributed by atoms with E-state index in [1.54, 1.807) is 18.2 Å². The standard InChI is InChI=1S/C23H20N2O3/c1-15-2-5-17(6-3-15)22(8-9-22)21(27)25-11-10-23(14-25)19-7-4-16(13-24)12-18(19)20(26)28-23/h2-7,12H,8-11,14H2,1H3. The normalized spacial score (nSPS) is 24.0. The fourth-order valence-electron chi connectivity index (χ4n) is 4.65. The molecule has 5 nitrogen and oxygen atoms in total. The summed E-state index contributed by atoms with van der Waals surface area (Å²) < 4.78 is 5.77. The molecule has 5 rings (SSSR count). The number of likely N-dealkylation sites (tertiary alicyclic amines) is 1. The molecule has 2 fully saturated rings. The first kappa shape index (κ1) is 17.0. The van der Waals surface area contributed by atoms with Gasteiger partial charge in [-0.3, -0.25) is 4.79 Å². The smallest absolute Gasteiger partial charge is 0.339 e. The van der Waals surface area contributed by atoms with Crippen LogP contribution in [0.2, 0.25) is 0 Å². The van der Waals surface area contributed by atoms with Crippen molar-refractivity contribution in [1.82, 2.24) is 4.90 Å². The fourth-order valence-corrected chi connectivity index (χ4v) is 4.65. The number of rotatable bonds is 2. The highest BCUT2D eigenvalue weighted by Crippen LogP contribution is 2.52. The highest BCUT2D eigenvalue weighted by Gasteiger charge is 2.57. The van der Waals surface area contributed by atoms with Crippen LogP contribution in [0.3, 0.4) is 0 Å². The van der Waals surface area contributed by atoms with E-state index in [0.717, 1.165) is 24.0 Å². The van der Waals surface area contributed by atoms with Crippen molar-refractivity contribution in [3.05, 3.63) is 70.3 Å². The van der Waals surface area contributed by atoms with E-state index in [4.69, 9.17) is 10.00 Å². The third kappa shape index (κ3) is 2.31. The summed E-state index contributed by atoms with van der Waals surface area (Å²) in [6.45, 7) is 2.99. The highest BCUT2D eigenvalue weighted by molar-refractivity contribution is 5.96. The number of esters is 1. The van der Waals surface area contributed by atoms with Gasteiger partial charge in [-0.1, -0.05) is 35.9 Å². The molecule has 1 unspecified atom stereocenters. The summed E-state index contributed by atoms with van der Waals surface area (Å²) in [5.74, 6) is -0.271. The van der Waals surface area contributed by atoms with Crippen molar-refractivity contribution in [1.29, 1.82) is 5.26 Å². The Morgan fingerprint density at radius 2 is 1.89 bits per heavy atom. The lowest BCUT2D eigenvalue weighted by Gasteiger charge is -2.27. The van der Waals surface area contributed by atoms with Crippen molar-refractivity contribution in [3.8, 4) is 6.07 Å². The van der Waals surface area contributed by atoms with Crippen LogP contribution >= 0.6 is 0 Å². The molecule has 0 bridgehead atoms. The van der Waals surface area contributed by atoms with Gasteiger partial charge in [-0.05, 0) is 37.5 Å².